The molecule has 1 fully saturated rings. The number of likely N-dealkylation sites (tertiary alicyclic amines) is 1. The lowest BCUT2D eigenvalue weighted by molar-refractivity contribution is 0.0725. The van der Waals surface area contributed by atoms with Gasteiger partial charge in [0.25, 0.3) is 5.91 Å². The molecule has 1 amide bonds. The molecule has 3 heterocycles. The highest BCUT2D eigenvalue weighted by Crippen LogP contribution is 2.32. The number of hydrogen-bond donors (Lipinski definition) is 1. The summed E-state index contributed by atoms with van der Waals surface area (Å²) in [6.45, 7) is 2.97. The van der Waals surface area contributed by atoms with Crippen molar-refractivity contribution in [2.24, 2.45) is 0 Å². The van der Waals surface area contributed by atoms with Gasteiger partial charge in [0.05, 0.1) is 18.3 Å². The average molecular weight is 524 g/mol. The van der Waals surface area contributed by atoms with Crippen LogP contribution >= 0.6 is 0 Å². The van der Waals surface area contributed by atoms with Gasteiger partial charge < -0.3 is 9.64 Å². The maximum absolute atomic E-state index is 13.9. The molecule has 1 N–H and O–H groups in total. The first-order chi connectivity index (χ1) is 18.4. The van der Waals surface area contributed by atoms with E-state index in [2.05, 4.69) is 15.2 Å². The third kappa shape index (κ3) is 5.50. The number of ether oxygens (including phenoxy) is 1. The van der Waals surface area contributed by atoms with Gasteiger partial charge in [-0.1, -0.05) is 12.1 Å². The molecule has 10 heteroatoms. The molecule has 5 rings (SSSR count). The SMILES string of the molecule is CCOc1cc(C(=O)N(CCN2C[C@@H](F)[C@@H](F)C2)Cc2cncc3cn[nH]c23)ccc1-c1cccc(F)c1. The number of halogens is 3. The van der Waals surface area contributed by atoms with Gasteiger partial charge in [-0.25, -0.2) is 13.2 Å². The average Bonchev–Trinajstić information content (AvgIpc) is 3.52. The fraction of sp³-hybridized carbons (Fsp3) is 0.321. The largest absolute Gasteiger partial charge is 0.493 e. The van der Waals surface area contributed by atoms with Crippen molar-refractivity contribution in [2.45, 2.75) is 25.8 Å². The second-order valence-corrected chi connectivity index (χ2v) is 9.31. The molecular formula is C28H28F3N5O2. The summed E-state index contributed by atoms with van der Waals surface area (Å²) >= 11 is 0. The smallest absolute Gasteiger partial charge is 0.254 e. The molecule has 4 aromatic rings. The highest BCUT2D eigenvalue weighted by atomic mass is 19.2. The third-order valence-corrected chi connectivity index (χ3v) is 6.69. The Bertz CT molecular complexity index is 1420. The van der Waals surface area contributed by atoms with E-state index in [1.165, 1.54) is 12.1 Å². The summed E-state index contributed by atoms with van der Waals surface area (Å²) in [7, 11) is 0. The van der Waals surface area contributed by atoms with E-state index in [0.717, 1.165) is 16.5 Å². The summed E-state index contributed by atoms with van der Waals surface area (Å²) < 4.78 is 47.2. The molecule has 2 atom stereocenters. The van der Waals surface area contributed by atoms with E-state index in [4.69, 9.17) is 4.74 Å². The van der Waals surface area contributed by atoms with E-state index >= 15 is 0 Å². The fourth-order valence-electron chi connectivity index (χ4n) is 4.75. The minimum atomic E-state index is -1.52. The Morgan fingerprint density at radius 2 is 1.95 bits per heavy atom. The van der Waals surface area contributed by atoms with E-state index in [9.17, 15) is 18.0 Å². The number of rotatable bonds is 9. The second kappa shape index (κ2) is 11.2. The van der Waals surface area contributed by atoms with Crippen LogP contribution in [-0.2, 0) is 6.54 Å². The van der Waals surface area contributed by atoms with Gasteiger partial charge in [-0.05, 0) is 42.8 Å². The molecule has 2 aromatic heterocycles. The number of hydrogen-bond acceptors (Lipinski definition) is 5. The zero-order valence-corrected chi connectivity index (χ0v) is 20.9. The van der Waals surface area contributed by atoms with Crippen molar-refractivity contribution in [1.82, 2.24) is 25.0 Å². The number of amides is 1. The fourth-order valence-corrected chi connectivity index (χ4v) is 4.75. The maximum Gasteiger partial charge on any atom is 0.254 e. The molecule has 38 heavy (non-hydrogen) atoms. The van der Waals surface area contributed by atoms with Crippen LogP contribution in [0.1, 0.15) is 22.8 Å². The minimum absolute atomic E-state index is 0.00228. The van der Waals surface area contributed by atoms with Gasteiger partial charge in [0.2, 0.25) is 0 Å². The summed E-state index contributed by atoms with van der Waals surface area (Å²) in [5.74, 6) is -0.187. The van der Waals surface area contributed by atoms with Crippen LogP contribution in [-0.4, -0.2) is 76.0 Å². The number of carbonyl (C=O) groups is 1. The number of H-pyrrole nitrogens is 1. The van der Waals surface area contributed by atoms with Gasteiger partial charge in [0.1, 0.15) is 23.9 Å². The summed E-state index contributed by atoms with van der Waals surface area (Å²) in [5.41, 5.74) is 3.22. The first-order valence-electron chi connectivity index (χ1n) is 12.5. The summed E-state index contributed by atoms with van der Waals surface area (Å²) in [4.78, 5) is 21.4. The molecule has 0 radical (unpaired) electrons. The van der Waals surface area contributed by atoms with Gasteiger partial charge in [0, 0.05) is 67.2 Å². The van der Waals surface area contributed by atoms with Crippen molar-refractivity contribution in [1.29, 1.82) is 0 Å². The highest BCUT2D eigenvalue weighted by Gasteiger charge is 2.33. The molecule has 2 aromatic carbocycles. The van der Waals surface area contributed by atoms with Gasteiger partial charge >= 0.3 is 0 Å². The van der Waals surface area contributed by atoms with Gasteiger partial charge in [-0.15, -0.1) is 0 Å². The van der Waals surface area contributed by atoms with E-state index in [1.807, 2.05) is 6.92 Å². The van der Waals surface area contributed by atoms with E-state index in [0.29, 0.717) is 35.6 Å². The lowest BCUT2D eigenvalue weighted by Crippen LogP contribution is -2.38. The standard InChI is InChI=1S/C28H28F3N5O2/c1-2-38-26-11-19(6-7-23(26)18-4-3-5-22(29)10-18)28(37)36(9-8-35-16-24(30)25(31)17-35)15-21-13-32-12-20-14-33-34-27(20)21/h3-7,10-14,24-25H,2,8-9,15-17H2,1H3,(H,33,34)/t24-,25+. The minimum Gasteiger partial charge on any atom is -0.493 e. The monoisotopic (exact) mass is 523 g/mol. The van der Waals surface area contributed by atoms with Crippen LogP contribution in [0.15, 0.2) is 61.1 Å². The predicted octanol–water partition coefficient (Wildman–Crippen LogP) is 4.80. The van der Waals surface area contributed by atoms with Gasteiger partial charge in [-0.3, -0.25) is 19.8 Å². The number of alkyl halides is 2. The lowest BCUT2D eigenvalue weighted by atomic mass is 10.0. The summed E-state index contributed by atoms with van der Waals surface area (Å²) in [6.07, 6.45) is 1.97. The molecule has 1 aliphatic rings. The Morgan fingerprint density at radius 1 is 1.13 bits per heavy atom. The Morgan fingerprint density at radius 3 is 2.71 bits per heavy atom. The Balaban J connectivity index is 1.44. The van der Waals surface area contributed by atoms with Crippen molar-refractivity contribution in [3.63, 3.8) is 0 Å². The maximum atomic E-state index is 13.9. The van der Waals surface area contributed by atoms with Crippen LogP contribution in [0.2, 0.25) is 0 Å². The van der Waals surface area contributed by atoms with E-state index in [-0.39, 0.29) is 37.9 Å². The van der Waals surface area contributed by atoms with Crippen LogP contribution in [0.3, 0.4) is 0 Å². The number of aromatic amines is 1. The molecule has 0 spiro atoms. The molecule has 0 unspecified atom stereocenters. The number of aromatic nitrogens is 3. The molecular weight excluding hydrogens is 495 g/mol. The molecule has 7 nitrogen and oxygen atoms in total. The molecule has 0 bridgehead atoms. The van der Waals surface area contributed by atoms with Gasteiger partial charge in [0.15, 0.2) is 0 Å². The van der Waals surface area contributed by atoms with Crippen LogP contribution in [0.4, 0.5) is 13.2 Å². The number of carbonyl (C=O) groups excluding carboxylic acids is 1. The van der Waals surface area contributed by atoms with E-state index < -0.39 is 12.3 Å². The highest BCUT2D eigenvalue weighted by molar-refractivity contribution is 5.96. The van der Waals surface area contributed by atoms with Crippen LogP contribution < -0.4 is 4.74 Å². The first kappa shape index (κ1) is 25.7. The predicted molar refractivity (Wildman–Crippen MR) is 138 cm³/mol. The zero-order valence-electron chi connectivity index (χ0n) is 20.9. The first-order valence-corrected chi connectivity index (χ1v) is 12.5. The number of pyridine rings is 1. The molecule has 0 saturated carbocycles. The van der Waals surface area contributed by atoms with E-state index in [1.54, 1.807) is 58.7 Å². The summed E-state index contributed by atoms with van der Waals surface area (Å²) in [6, 6.07) is 11.2. The summed E-state index contributed by atoms with van der Waals surface area (Å²) in [5, 5.41) is 7.83. The van der Waals surface area contributed by atoms with Crippen molar-refractivity contribution in [2.75, 3.05) is 32.8 Å². The molecule has 198 valence electrons. The van der Waals surface area contributed by atoms with Gasteiger partial charge in [-0.2, -0.15) is 5.10 Å². The normalized spacial score (nSPS) is 17.7. The van der Waals surface area contributed by atoms with Crippen molar-refractivity contribution in [3.8, 4) is 16.9 Å². The van der Waals surface area contributed by atoms with Crippen molar-refractivity contribution < 1.29 is 22.7 Å². The molecule has 0 aliphatic carbocycles. The second-order valence-electron chi connectivity index (χ2n) is 9.31. The van der Waals surface area contributed by atoms with Crippen molar-refractivity contribution >= 4 is 16.8 Å². The number of nitrogens with zero attached hydrogens (tertiary/aromatic N) is 4. The third-order valence-electron chi connectivity index (χ3n) is 6.69. The van der Waals surface area contributed by atoms with Crippen LogP contribution in [0.5, 0.6) is 5.75 Å². The van der Waals surface area contributed by atoms with Crippen LogP contribution in [0.25, 0.3) is 22.0 Å². The topological polar surface area (TPSA) is 74.3 Å². The number of nitrogens with one attached hydrogen (secondary N) is 1. The zero-order chi connectivity index (χ0) is 26.6. The number of benzene rings is 2. The molecule has 1 aliphatic heterocycles. The molecule has 1 saturated heterocycles. The number of fused-ring (bicyclic) bond motifs is 1. The Hall–Kier alpha value is -3.92. The Kier molecular flexibility index (Phi) is 7.59. The van der Waals surface area contributed by atoms with Crippen LogP contribution in [0, 0.1) is 5.82 Å². The van der Waals surface area contributed by atoms with Crippen molar-refractivity contribution in [3.05, 3.63) is 78.0 Å². The quantitative estimate of drug-likeness (QED) is 0.341. The Labute approximate surface area is 218 Å². The lowest BCUT2D eigenvalue weighted by Gasteiger charge is -2.26.